The average Bonchev–Trinajstić information content (AvgIpc) is 2.71. The first-order valence-electron chi connectivity index (χ1n) is 8.83. The van der Waals surface area contributed by atoms with Crippen LogP contribution in [0.3, 0.4) is 0 Å². The summed E-state index contributed by atoms with van der Waals surface area (Å²) < 4.78 is 18.6. The lowest BCUT2D eigenvalue weighted by atomic mass is 10.1. The minimum atomic E-state index is -1.08. The van der Waals surface area contributed by atoms with Crippen molar-refractivity contribution in [2.75, 3.05) is 0 Å². The Hall–Kier alpha value is -3.87. The van der Waals surface area contributed by atoms with E-state index in [0.717, 1.165) is 0 Å². The Bertz CT molecular complexity index is 1260. The van der Waals surface area contributed by atoms with E-state index < -0.39 is 23.9 Å². The number of hydrogen-bond donors (Lipinski definition) is 1. The molecule has 4 rings (SSSR count). The molecule has 0 amide bonds. The number of aromatic carboxylic acids is 1. The summed E-state index contributed by atoms with van der Waals surface area (Å²) >= 11 is 0. The van der Waals surface area contributed by atoms with Gasteiger partial charge >= 0.3 is 11.9 Å². The van der Waals surface area contributed by atoms with Crippen LogP contribution in [-0.2, 0) is 4.74 Å². The fourth-order valence-electron chi connectivity index (χ4n) is 3.12. The Morgan fingerprint density at radius 3 is 2.24 bits per heavy atom. The molecule has 0 spiro atoms. The molecule has 0 aliphatic heterocycles. The predicted molar refractivity (Wildman–Crippen MR) is 104 cm³/mol. The molecule has 1 unspecified atom stereocenters. The number of carbonyl (C=O) groups is 2. The number of rotatable bonds is 4. The number of ether oxygens (including phenoxy) is 1. The number of fused-ring (bicyclic) bond motifs is 2. The van der Waals surface area contributed by atoms with Gasteiger partial charge in [0.1, 0.15) is 17.4 Å². The highest BCUT2D eigenvalue weighted by Crippen LogP contribution is 2.27. The number of halogens is 1. The number of benzene rings is 3. The maximum atomic E-state index is 13.1. The van der Waals surface area contributed by atoms with Crippen molar-refractivity contribution in [2.45, 2.75) is 13.0 Å². The van der Waals surface area contributed by atoms with E-state index in [0.29, 0.717) is 27.6 Å². The van der Waals surface area contributed by atoms with E-state index >= 15 is 0 Å². The number of carboxylic acid groups (broad SMARTS) is 1. The zero-order valence-electron chi connectivity index (χ0n) is 15.3. The maximum absolute atomic E-state index is 13.1. The van der Waals surface area contributed by atoms with E-state index in [9.17, 15) is 19.1 Å². The van der Waals surface area contributed by atoms with E-state index in [2.05, 4.69) is 9.97 Å². The summed E-state index contributed by atoms with van der Waals surface area (Å²) in [6.07, 6.45) is -0.648. The lowest BCUT2D eigenvalue weighted by molar-refractivity contribution is 0.0340. The quantitative estimate of drug-likeness (QED) is 0.407. The Balaban J connectivity index is 1.74. The van der Waals surface area contributed by atoms with Crippen LogP contribution in [0.15, 0.2) is 60.7 Å². The largest absolute Gasteiger partial charge is 0.478 e. The molecule has 1 N–H and O–H groups in total. The number of nitrogens with zero attached hydrogens (tertiary/aromatic N) is 2. The second-order valence-electron chi connectivity index (χ2n) is 6.47. The predicted octanol–water partition coefficient (Wildman–Crippen LogP) is 4.54. The lowest BCUT2D eigenvalue weighted by Crippen LogP contribution is -2.10. The highest BCUT2D eigenvalue weighted by Gasteiger charge is 2.19. The molecule has 0 aliphatic carbocycles. The monoisotopic (exact) mass is 390 g/mol. The van der Waals surface area contributed by atoms with Crippen LogP contribution in [-0.4, -0.2) is 27.0 Å². The van der Waals surface area contributed by atoms with E-state index in [1.165, 1.54) is 30.3 Å². The molecular formula is C22H15FN2O4. The van der Waals surface area contributed by atoms with Crippen LogP contribution >= 0.6 is 0 Å². The third kappa shape index (κ3) is 3.50. The maximum Gasteiger partial charge on any atom is 0.338 e. The molecule has 4 aromatic rings. The minimum Gasteiger partial charge on any atom is -0.478 e. The average molecular weight is 390 g/mol. The summed E-state index contributed by atoms with van der Waals surface area (Å²) in [5, 5.41) is 9.37. The van der Waals surface area contributed by atoms with E-state index in [4.69, 9.17) is 4.74 Å². The molecule has 1 atom stereocenters. The third-order valence-electron chi connectivity index (χ3n) is 4.56. The normalized spacial score (nSPS) is 12.1. The molecule has 0 fully saturated rings. The number of para-hydroxylation sites is 2. The van der Waals surface area contributed by atoms with Crippen molar-refractivity contribution in [1.29, 1.82) is 0 Å². The van der Waals surface area contributed by atoms with Crippen molar-refractivity contribution in [1.82, 2.24) is 9.97 Å². The van der Waals surface area contributed by atoms with Crippen LogP contribution in [0.25, 0.3) is 22.1 Å². The molecule has 0 radical (unpaired) electrons. The first-order chi connectivity index (χ1) is 13.9. The molecule has 7 heteroatoms. The van der Waals surface area contributed by atoms with Gasteiger partial charge in [-0.15, -0.1) is 0 Å². The first-order valence-corrected chi connectivity index (χ1v) is 8.83. The van der Waals surface area contributed by atoms with Gasteiger partial charge < -0.3 is 9.84 Å². The fourth-order valence-corrected chi connectivity index (χ4v) is 3.12. The molecule has 29 heavy (non-hydrogen) atoms. The van der Waals surface area contributed by atoms with Crippen molar-refractivity contribution in [3.8, 4) is 0 Å². The van der Waals surface area contributed by atoms with Crippen LogP contribution in [0, 0.1) is 5.82 Å². The summed E-state index contributed by atoms with van der Waals surface area (Å²) in [6.45, 7) is 1.70. The Kier molecular flexibility index (Phi) is 4.64. The lowest BCUT2D eigenvalue weighted by Gasteiger charge is -2.15. The van der Waals surface area contributed by atoms with E-state index in [-0.39, 0.29) is 11.1 Å². The molecule has 6 nitrogen and oxygen atoms in total. The van der Waals surface area contributed by atoms with Gasteiger partial charge in [-0.3, -0.25) is 0 Å². The van der Waals surface area contributed by atoms with Crippen LogP contribution in [0.2, 0.25) is 0 Å². The van der Waals surface area contributed by atoms with Gasteiger partial charge in [0, 0.05) is 5.56 Å². The Morgan fingerprint density at radius 1 is 0.931 bits per heavy atom. The van der Waals surface area contributed by atoms with Crippen molar-refractivity contribution >= 4 is 34.0 Å². The molecule has 0 saturated carbocycles. The second-order valence-corrected chi connectivity index (χ2v) is 6.47. The van der Waals surface area contributed by atoms with Crippen LogP contribution in [0.1, 0.15) is 39.3 Å². The van der Waals surface area contributed by atoms with Crippen LogP contribution in [0.4, 0.5) is 4.39 Å². The highest BCUT2D eigenvalue weighted by molar-refractivity contribution is 6.02. The SMILES string of the molecule is CC(OC(=O)c1ccc(F)cc1)c1cccc2nc3c(C(=O)O)cccc3nc12. The zero-order chi connectivity index (χ0) is 20.5. The summed E-state index contributed by atoms with van der Waals surface area (Å²) in [4.78, 5) is 32.8. The number of esters is 1. The Labute approximate surface area is 164 Å². The van der Waals surface area contributed by atoms with Gasteiger partial charge in [-0.05, 0) is 49.4 Å². The van der Waals surface area contributed by atoms with E-state index in [1.807, 2.05) is 0 Å². The summed E-state index contributed by atoms with van der Waals surface area (Å²) in [5.74, 6) is -2.11. The molecule has 144 valence electrons. The molecule has 0 saturated heterocycles. The Morgan fingerprint density at radius 2 is 1.55 bits per heavy atom. The number of carboxylic acids is 1. The van der Waals surface area contributed by atoms with Gasteiger partial charge in [-0.2, -0.15) is 0 Å². The fraction of sp³-hybridized carbons (Fsp3) is 0.0909. The second kappa shape index (κ2) is 7.27. The van der Waals surface area contributed by atoms with Gasteiger partial charge in [0.15, 0.2) is 0 Å². The summed E-state index contributed by atoms with van der Waals surface area (Å²) in [7, 11) is 0. The van der Waals surface area contributed by atoms with Crippen molar-refractivity contribution < 1.29 is 23.8 Å². The van der Waals surface area contributed by atoms with Crippen molar-refractivity contribution in [3.05, 3.63) is 83.2 Å². The van der Waals surface area contributed by atoms with Gasteiger partial charge in [0.05, 0.1) is 27.7 Å². The zero-order valence-corrected chi connectivity index (χ0v) is 15.3. The molecule has 1 heterocycles. The molecule has 0 bridgehead atoms. The van der Waals surface area contributed by atoms with Gasteiger partial charge in [-0.1, -0.05) is 18.2 Å². The number of aromatic nitrogens is 2. The number of carbonyl (C=O) groups excluding carboxylic acids is 1. The third-order valence-corrected chi connectivity index (χ3v) is 4.56. The number of hydrogen-bond acceptors (Lipinski definition) is 5. The van der Waals surface area contributed by atoms with Gasteiger partial charge in [0.2, 0.25) is 0 Å². The smallest absolute Gasteiger partial charge is 0.338 e. The topological polar surface area (TPSA) is 89.4 Å². The standard InChI is InChI=1S/C22H15FN2O4/c1-12(29-22(28)13-8-10-14(23)11-9-13)15-4-2-6-17-19(15)24-18-7-3-5-16(21(26)27)20(18)25-17/h2-12H,1H3,(H,26,27). The van der Waals surface area contributed by atoms with Crippen LogP contribution < -0.4 is 0 Å². The molecular weight excluding hydrogens is 375 g/mol. The summed E-state index contributed by atoms with van der Waals surface area (Å²) in [5.41, 5.74) is 2.67. The van der Waals surface area contributed by atoms with Gasteiger partial charge in [-0.25, -0.2) is 23.9 Å². The van der Waals surface area contributed by atoms with Crippen LogP contribution in [0.5, 0.6) is 0 Å². The minimum absolute atomic E-state index is 0.0677. The highest BCUT2D eigenvalue weighted by atomic mass is 19.1. The van der Waals surface area contributed by atoms with E-state index in [1.54, 1.807) is 37.3 Å². The van der Waals surface area contributed by atoms with Crippen molar-refractivity contribution in [3.63, 3.8) is 0 Å². The summed E-state index contributed by atoms with van der Waals surface area (Å²) in [6, 6.07) is 15.1. The molecule has 1 aromatic heterocycles. The molecule has 0 aliphatic rings. The van der Waals surface area contributed by atoms with Crippen molar-refractivity contribution in [2.24, 2.45) is 0 Å². The first kappa shape index (κ1) is 18.5. The molecule has 3 aromatic carbocycles. The van der Waals surface area contributed by atoms with Gasteiger partial charge in [0.25, 0.3) is 0 Å².